The van der Waals surface area contributed by atoms with Crippen LogP contribution in [0.2, 0.25) is 0 Å². The van der Waals surface area contributed by atoms with Crippen molar-refractivity contribution in [3.8, 4) is 0 Å². The van der Waals surface area contributed by atoms with Gasteiger partial charge in [0.2, 0.25) is 0 Å². The molecule has 1 aromatic carbocycles. The SMILES string of the molecule is O=C1NC2(CCC(c3ccc4c(c3)CCC(O)C4)C2)O1. The van der Waals surface area contributed by atoms with E-state index in [9.17, 15) is 9.90 Å². The van der Waals surface area contributed by atoms with Crippen LogP contribution in [0.25, 0.3) is 0 Å². The summed E-state index contributed by atoms with van der Waals surface area (Å²) in [7, 11) is 0. The number of aryl methyl sites for hydroxylation is 1. The van der Waals surface area contributed by atoms with Crippen LogP contribution >= 0.6 is 0 Å². The minimum absolute atomic E-state index is 0.179. The zero-order valence-corrected chi connectivity index (χ0v) is 11.4. The first-order valence-corrected chi connectivity index (χ1v) is 7.44. The second kappa shape index (κ2) is 4.22. The molecule has 2 aliphatic carbocycles. The van der Waals surface area contributed by atoms with Crippen molar-refractivity contribution >= 4 is 6.09 Å². The van der Waals surface area contributed by atoms with Gasteiger partial charge in [0.1, 0.15) is 0 Å². The number of hydrogen-bond acceptors (Lipinski definition) is 3. The van der Waals surface area contributed by atoms with Crippen molar-refractivity contribution in [2.45, 2.75) is 56.3 Å². The standard InChI is InChI=1S/C16H19NO3/c18-14-4-3-10-7-11(1-2-12(10)8-14)13-5-6-16(9-13)17-15(19)20-16/h1-2,7,13-14,18H,3-6,8-9H2,(H,17,19). The summed E-state index contributed by atoms with van der Waals surface area (Å²) in [5.74, 6) is 0.466. The zero-order valence-electron chi connectivity index (χ0n) is 11.4. The number of carbonyl (C=O) groups excluding carboxylic acids is 1. The average Bonchev–Trinajstić information content (AvgIpc) is 2.83. The van der Waals surface area contributed by atoms with Gasteiger partial charge in [0.05, 0.1) is 6.10 Å². The third-order valence-electron chi connectivity index (χ3n) is 4.99. The molecule has 106 valence electrons. The summed E-state index contributed by atoms with van der Waals surface area (Å²) in [6, 6.07) is 6.64. The molecule has 4 rings (SSSR count). The lowest BCUT2D eigenvalue weighted by atomic mass is 9.86. The van der Waals surface area contributed by atoms with Crippen molar-refractivity contribution in [3.05, 3.63) is 34.9 Å². The highest BCUT2D eigenvalue weighted by Gasteiger charge is 2.50. The van der Waals surface area contributed by atoms with E-state index in [1.807, 2.05) is 0 Å². The number of rotatable bonds is 1. The minimum atomic E-state index is -0.381. The Kier molecular flexibility index (Phi) is 2.58. The van der Waals surface area contributed by atoms with E-state index < -0.39 is 0 Å². The summed E-state index contributed by atoms with van der Waals surface area (Å²) in [4.78, 5) is 11.0. The Labute approximate surface area is 118 Å². The normalized spacial score (nSPS) is 35.1. The average molecular weight is 273 g/mol. The van der Waals surface area contributed by atoms with Gasteiger partial charge in [-0.05, 0) is 48.3 Å². The second-order valence-electron chi connectivity index (χ2n) is 6.37. The Morgan fingerprint density at radius 3 is 2.95 bits per heavy atom. The van der Waals surface area contributed by atoms with Gasteiger partial charge in [-0.3, -0.25) is 5.32 Å². The monoisotopic (exact) mass is 273 g/mol. The van der Waals surface area contributed by atoms with Crippen LogP contribution in [0.15, 0.2) is 18.2 Å². The fraction of sp³-hybridized carbons (Fsp3) is 0.562. The van der Waals surface area contributed by atoms with Gasteiger partial charge in [0.25, 0.3) is 0 Å². The van der Waals surface area contributed by atoms with Crippen LogP contribution in [0.1, 0.15) is 48.3 Å². The summed E-state index contributed by atoms with van der Waals surface area (Å²) in [6.45, 7) is 0. The van der Waals surface area contributed by atoms with Crippen LogP contribution in [0, 0.1) is 0 Å². The fourth-order valence-corrected chi connectivity index (χ4v) is 3.88. The highest BCUT2D eigenvalue weighted by Crippen LogP contribution is 2.45. The molecule has 3 unspecified atom stereocenters. The predicted molar refractivity (Wildman–Crippen MR) is 73.4 cm³/mol. The summed E-state index contributed by atoms with van der Waals surface area (Å²) in [5.41, 5.74) is 3.64. The van der Waals surface area contributed by atoms with Gasteiger partial charge >= 0.3 is 6.09 Å². The minimum Gasteiger partial charge on any atom is -0.423 e. The molecule has 0 bridgehead atoms. The zero-order chi connectivity index (χ0) is 13.7. The van der Waals surface area contributed by atoms with Gasteiger partial charge in [-0.15, -0.1) is 0 Å². The lowest BCUT2D eigenvalue weighted by Crippen LogP contribution is -2.61. The van der Waals surface area contributed by atoms with Crippen molar-refractivity contribution in [1.82, 2.24) is 5.32 Å². The van der Waals surface area contributed by atoms with E-state index in [0.29, 0.717) is 5.92 Å². The maximum atomic E-state index is 11.0. The van der Waals surface area contributed by atoms with Crippen LogP contribution < -0.4 is 5.32 Å². The largest absolute Gasteiger partial charge is 0.423 e. The van der Waals surface area contributed by atoms with Crippen molar-refractivity contribution in [3.63, 3.8) is 0 Å². The fourth-order valence-electron chi connectivity index (χ4n) is 3.88. The number of amides is 1. The lowest BCUT2D eigenvalue weighted by Gasteiger charge is -2.38. The molecule has 1 amide bonds. The molecule has 4 heteroatoms. The number of benzene rings is 1. The van der Waals surface area contributed by atoms with E-state index >= 15 is 0 Å². The third kappa shape index (κ3) is 1.90. The molecule has 3 atom stereocenters. The van der Waals surface area contributed by atoms with E-state index in [1.165, 1.54) is 16.7 Å². The summed E-state index contributed by atoms with van der Waals surface area (Å²) in [5, 5.41) is 12.6. The summed E-state index contributed by atoms with van der Waals surface area (Å²) < 4.78 is 5.28. The Hall–Kier alpha value is -1.55. The van der Waals surface area contributed by atoms with Crippen LogP contribution in [0.5, 0.6) is 0 Å². The molecule has 1 aromatic rings. The van der Waals surface area contributed by atoms with Crippen LogP contribution in [0.4, 0.5) is 4.79 Å². The Morgan fingerprint density at radius 1 is 1.30 bits per heavy atom. The van der Waals surface area contributed by atoms with Crippen molar-refractivity contribution in [1.29, 1.82) is 0 Å². The molecule has 1 heterocycles. The number of fused-ring (bicyclic) bond motifs is 1. The molecule has 0 aromatic heterocycles. The van der Waals surface area contributed by atoms with E-state index in [2.05, 4.69) is 23.5 Å². The molecule has 4 nitrogen and oxygen atoms in total. The first-order valence-electron chi connectivity index (χ1n) is 7.44. The maximum Gasteiger partial charge on any atom is 0.412 e. The van der Waals surface area contributed by atoms with Gasteiger partial charge in [-0.2, -0.15) is 0 Å². The maximum absolute atomic E-state index is 11.0. The Morgan fingerprint density at radius 2 is 2.15 bits per heavy atom. The molecule has 1 saturated heterocycles. The first kappa shape index (κ1) is 12.2. The third-order valence-corrected chi connectivity index (χ3v) is 4.99. The van der Waals surface area contributed by atoms with E-state index in [-0.39, 0.29) is 17.9 Å². The van der Waals surface area contributed by atoms with Crippen molar-refractivity contribution in [2.24, 2.45) is 0 Å². The van der Waals surface area contributed by atoms with Crippen LogP contribution in [0.3, 0.4) is 0 Å². The van der Waals surface area contributed by atoms with Crippen molar-refractivity contribution < 1.29 is 14.6 Å². The van der Waals surface area contributed by atoms with Crippen LogP contribution in [-0.4, -0.2) is 23.0 Å². The number of aliphatic hydroxyl groups excluding tert-OH is 1. The Balaban J connectivity index is 1.54. The molecule has 2 N–H and O–H groups in total. The van der Waals surface area contributed by atoms with E-state index in [4.69, 9.17) is 4.74 Å². The number of nitrogens with one attached hydrogen (secondary N) is 1. The Bertz CT molecular complexity index is 561. The highest BCUT2D eigenvalue weighted by molar-refractivity contribution is 5.74. The molecule has 1 saturated carbocycles. The molecule has 20 heavy (non-hydrogen) atoms. The molecule has 1 spiro atoms. The van der Waals surface area contributed by atoms with Crippen LogP contribution in [-0.2, 0) is 17.6 Å². The first-order chi connectivity index (χ1) is 9.63. The highest BCUT2D eigenvalue weighted by atomic mass is 16.6. The molecule has 0 radical (unpaired) electrons. The van der Waals surface area contributed by atoms with Crippen molar-refractivity contribution in [2.75, 3.05) is 0 Å². The van der Waals surface area contributed by atoms with Gasteiger partial charge < -0.3 is 9.84 Å². The number of hydrogen-bond donors (Lipinski definition) is 2. The molecular weight excluding hydrogens is 254 g/mol. The number of aliphatic hydroxyl groups is 1. The smallest absolute Gasteiger partial charge is 0.412 e. The van der Waals surface area contributed by atoms with Gasteiger partial charge in [-0.1, -0.05) is 18.2 Å². The van der Waals surface area contributed by atoms with Gasteiger partial charge in [0, 0.05) is 12.8 Å². The predicted octanol–water partition coefficient (Wildman–Crippen LogP) is 2.24. The number of carbonyl (C=O) groups is 1. The summed E-state index contributed by atoms with van der Waals surface area (Å²) >= 11 is 0. The molecule has 2 fully saturated rings. The number of ether oxygens (including phenoxy) is 1. The molecule has 1 aliphatic heterocycles. The van der Waals surface area contributed by atoms with E-state index in [0.717, 1.165) is 38.5 Å². The van der Waals surface area contributed by atoms with Gasteiger partial charge in [-0.25, -0.2) is 4.79 Å². The molecule has 3 aliphatic rings. The topological polar surface area (TPSA) is 58.6 Å². The van der Waals surface area contributed by atoms with Gasteiger partial charge in [0.15, 0.2) is 5.72 Å². The quantitative estimate of drug-likeness (QED) is 0.825. The summed E-state index contributed by atoms with van der Waals surface area (Å²) in [6.07, 6.45) is 4.98. The van der Waals surface area contributed by atoms with E-state index in [1.54, 1.807) is 0 Å². The second-order valence-corrected chi connectivity index (χ2v) is 6.37. The lowest BCUT2D eigenvalue weighted by molar-refractivity contribution is -0.0752. The molecular formula is C16H19NO3.